The van der Waals surface area contributed by atoms with Crippen LogP contribution in [-0.2, 0) is 4.79 Å². The molecule has 7 nitrogen and oxygen atoms in total. The van der Waals surface area contributed by atoms with Gasteiger partial charge >= 0.3 is 0 Å². The average Bonchev–Trinajstić information content (AvgIpc) is 3.06. The normalized spacial score (nSPS) is 12.3. The molecule has 108 valence electrons. The minimum atomic E-state index is -0.0492. The summed E-state index contributed by atoms with van der Waals surface area (Å²) in [5.41, 5.74) is 0. The number of furan rings is 1. The van der Waals surface area contributed by atoms with Crippen molar-refractivity contribution in [3.05, 3.63) is 18.4 Å². The van der Waals surface area contributed by atoms with Crippen molar-refractivity contribution < 1.29 is 9.21 Å². The van der Waals surface area contributed by atoms with Gasteiger partial charge in [0.25, 0.3) is 0 Å². The van der Waals surface area contributed by atoms with E-state index >= 15 is 0 Å². The Hall–Kier alpha value is -1.96. The maximum Gasteiger partial charge on any atom is 0.230 e. The summed E-state index contributed by atoms with van der Waals surface area (Å²) in [6.45, 7) is 3.98. The number of nitrogens with zero attached hydrogens (tertiary/aromatic N) is 3. The first-order valence-electron chi connectivity index (χ1n) is 6.28. The molecule has 0 aliphatic heterocycles. The van der Waals surface area contributed by atoms with Crippen molar-refractivity contribution in [3.63, 3.8) is 0 Å². The summed E-state index contributed by atoms with van der Waals surface area (Å²) in [5, 5.41) is 11.3. The van der Waals surface area contributed by atoms with Crippen LogP contribution in [0.3, 0.4) is 0 Å². The van der Waals surface area contributed by atoms with Crippen molar-refractivity contribution in [2.75, 3.05) is 11.6 Å². The van der Waals surface area contributed by atoms with Gasteiger partial charge in [0, 0.05) is 6.04 Å². The summed E-state index contributed by atoms with van der Waals surface area (Å²) in [5.74, 6) is 7.05. The lowest BCUT2D eigenvalue weighted by Crippen LogP contribution is -2.33. The molecule has 20 heavy (non-hydrogen) atoms. The summed E-state index contributed by atoms with van der Waals surface area (Å²) in [7, 11) is 0. The summed E-state index contributed by atoms with van der Waals surface area (Å²) in [4.78, 5) is 11.7. The highest BCUT2D eigenvalue weighted by molar-refractivity contribution is 7.99. The van der Waals surface area contributed by atoms with Crippen molar-refractivity contribution in [2.24, 2.45) is 0 Å². The molecule has 1 atom stereocenters. The maximum atomic E-state index is 11.7. The van der Waals surface area contributed by atoms with Gasteiger partial charge in [0.1, 0.15) is 0 Å². The zero-order valence-electron chi connectivity index (χ0n) is 11.4. The van der Waals surface area contributed by atoms with Gasteiger partial charge in [0.05, 0.1) is 12.0 Å². The molecule has 0 saturated carbocycles. The topological polar surface area (TPSA) is 99.0 Å². The molecule has 0 radical (unpaired) electrons. The second-order valence-electron chi connectivity index (χ2n) is 4.32. The van der Waals surface area contributed by atoms with Gasteiger partial charge in [-0.15, -0.1) is 10.2 Å². The monoisotopic (exact) mass is 295 g/mol. The summed E-state index contributed by atoms with van der Waals surface area (Å²) in [6.07, 6.45) is 2.43. The number of nitrogens with two attached hydrogens (primary N) is 1. The number of carbonyl (C=O) groups excluding carboxylic acids is 1. The molecule has 2 rings (SSSR count). The SMILES string of the molecule is CC[C@H](C)NC(=O)CSc1nnc(-c2ccco2)n1N. The van der Waals surface area contributed by atoms with Gasteiger partial charge in [-0.3, -0.25) is 4.79 Å². The highest BCUT2D eigenvalue weighted by atomic mass is 32.2. The Bertz CT molecular complexity index is 566. The predicted molar refractivity (Wildman–Crippen MR) is 76.5 cm³/mol. The Kier molecular flexibility index (Phi) is 4.67. The molecule has 0 saturated heterocycles. The van der Waals surface area contributed by atoms with E-state index in [0.29, 0.717) is 16.7 Å². The van der Waals surface area contributed by atoms with Crippen LogP contribution in [0.15, 0.2) is 28.0 Å². The van der Waals surface area contributed by atoms with Gasteiger partial charge < -0.3 is 15.6 Å². The standard InChI is InChI=1S/C12H17N5O2S/c1-3-8(2)14-10(18)7-20-12-16-15-11(17(12)13)9-5-4-6-19-9/h4-6,8H,3,7,13H2,1-2H3,(H,14,18)/t8-/m0/s1. The molecule has 0 aliphatic carbocycles. The Morgan fingerprint density at radius 3 is 3.05 bits per heavy atom. The first-order chi connectivity index (χ1) is 9.61. The first kappa shape index (κ1) is 14.4. The predicted octanol–water partition coefficient (Wildman–Crippen LogP) is 1.26. The molecule has 3 N–H and O–H groups in total. The van der Waals surface area contributed by atoms with E-state index in [1.807, 2.05) is 13.8 Å². The maximum absolute atomic E-state index is 11.7. The molecular formula is C12H17N5O2S. The van der Waals surface area contributed by atoms with E-state index in [1.165, 1.54) is 22.7 Å². The van der Waals surface area contributed by atoms with Crippen LogP contribution >= 0.6 is 11.8 Å². The van der Waals surface area contributed by atoms with Gasteiger partial charge in [-0.2, -0.15) is 0 Å². The van der Waals surface area contributed by atoms with Gasteiger partial charge in [-0.05, 0) is 25.5 Å². The number of rotatable bonds is 6. The van der Waals surface area contributed by atoms with Crippen molar-refractivity contribution in [1.82, 2.24) is 20.2 Å². The number of aromatic nitrogens is 3. The molecule has 0 aliphatic rings. The minimum Gasteiger partial charge on any atom is -0.461 e. The summed E-state index contributed by atoms with van der Waals surface area (Å²) in [6, 6.07) is 3.66. The fraction of sp³-hybridized carbons (Fsp3) is 0.417. The van der Waals surface area contributed by atoms with E-state index in [0.717, 1.165) is 6.42 Å². The zero-order valence-corrected chi connectivity index (χ0v) is 12.2. The van der Waals surface area contributed by atoms with Crippen LogP contribution in [0, 0.1) is 0 Å². The Morgan fingerprint density at radius 2 is 2.40 bits per heavy atom. The van der Waals surface area contributed by atoms with Gasteiger partial charge in [-0.1, -0.05) is 18.7 Å². The van der Waals surface area contributed by atoms with Crippen molar-refractivity contribution in [3.8, 4) is 11.6 Å². The Balaban J connectivity index is 1.96. The third-order valence-electron chi connectivity index (χ3n) is 2.76. The van der Waals surface area contributed by atoms with Crippen LogP contribution in [0.2, 0.25) is 0 Å². The van der Waals surface area contributed by atoms with Gasteiger partial charge in [0.2, 0.25) is 16.9 Å². The molecule has 8 heteroatoms. The number of amides is 1. The third kappa shape index (κ3) is 3.32. The third-order valence-corrected chi connectivity index (χ3v) is 3.70. The second-order valence-corrected chi connectivity index (χ2v) is 5.26. The van der Waals surface area contributed by atoms with Crippen LogP contribution in [0.4, 0.5) is 0 Å². The van der Waals surface area contributed by atoms with E-state index < -0.39 is 0 Å². The highest BCUT2D eigenvalue weighted by Crippen LogP contribution is 2.21. The molecule has 0 unspecified atom stereocenters. The Labute approximate surface area is 120 Å². The van der Waals surface area contributed by atoms with E-state index in [4.69, 9.17) is 10.3 Å². The second kappa shape index (κ2) is 6.47. The minimum absolute atomic E-state index is 0.0492. The summed E-state index contributed by atoms with van der Waals surface area (Å²) < 4.78 is 6.53. The first-order valence-corrected chi connectivity index (χ1v) is 7.27. The molecule has 2 aromatic rings. The smallest absolute Gasteiger partial charge is 0.230 e. The molecule has 0 spiro atoms. The van der Waals surface area contributed by atoms with Crippen LogP contribution in [-0.4, -0.2) is 32.6 Å². The molecule has 0 fully saturated rings. The molecule has 2 heterocycles. The van der Waals surface area contributed by atoms with Crippen molar-refractivity contribution >= 4 is 17.7 Å². The van der Waals surface area contributed by atoms with E-state index in [1.54, 1.807) is 12.1 Å². The lowest BCUT2D eigenvalue weighted by atomic mass is 10.3. The number of nitrogens with one attached hydrogen (secondary N) is 1. The zero-order chi connectivity index (χ0) is 14.5. The lowest BCUT2D eigenvalue weighted by Gasteiger charge is -2.10. The highest BCUT2D eigenvalue weighted by Gasteiger charge is 2.15. The van der Waals surface area contributed by atoms with Crippen molar-refractivity contribution in [2.45, 2.75) is 31.5 Å². The number of thioether (sulfide) groups is 1. The average molecular weight is 295 g/mol. The number of carbonyl (C=O) groups is 1. The number of hydrogen-bond donors (Lipinski definition) is 2. The lowest BCUT2D eigenvalue weighted by molar-refractivity contribution is -0.119. The largest absolute Gasteiger partial charge is 0.461 e. The molecule has 2 aromatic heterocycles. The van der Waals surface area contributed by atoms with Crippen LogP contribution in [0.5, 0.6) is 0 Å². The van der Waals surface area contributed by atoms with Crippen LogP contribution < -0.4 is 11.2 Å². The van der Waals surface area contributed by atoms with Gasteiger partial charge in [-0.25, -0.2) is 4.68 Å². The molecule has 0 bridgehead atoms. The van der Waals surface area contributed by atoms with Crippen LogP contribution in [0.25, 0.3) is 11.6 Å². The number of nitrogen functional groups attached to an aromatic ring is 1. The van der Waals surface area contributed by atoms with Gasteiger partial charge in [0.15, 0.2) is 5.76 Å². The molecular weight excluding hydrogens is 278 g/mol. The molecule has 0 aromatic carbocycles. The van der Waals surface area contributed by atoms with E-state index in [-0.39, 0.29) is 17.7 Å². The number of hydrogen-bond acceptors (Lipinski definition) is 6. The summed E-state index contributed by atoms with van der Waals surface area (Å²) >= 11 is 1.24. The van der Waals surface area contributed by atoms with Crippen molar-refractivity contribution in [1.29, 1.82) is 0 Å². The fourth-order valence-corrected chi connectivity index (χ4v) is 2.17. The quantitative estimate of drug-likeness (QED) is 0.615. The van der Waals surface area contributed by atoms with Crippen LogP contribution in [0.1, 0.15) is 20.3 Å². The Morgan fingerprint density at radius 1 is 1.60 bits per heavy atom. The fourth-order valence-electron chi connectivity index (χ4n) is 1.50. The van der Waals surface area contributed by atoms with E-state index in [2.05, 4.69) is 15.5 Å². The van der Waals surface area contributed by atoms with E-state index in [9.17, 15) is 4.79 Å². The molecule has 1 amide bonds.